The summed E-state index contributed by atoms with van der Waals surface area (Å²) < 4.78 is 0. The molecule has 29 heavy (non-hydrogen) atoms. The Morgan fingerprint density at radius 1 is 0.793 bits per heavy atom. The Morgan fingerprint density at radius 2 is 1.48 bits per heavy atom. The highest BCUT2D eigenvalue weighted by Crippen LogP contribution is 2.68. The first-order chi connectivity index (χ1) is 13.7. The van der Waals surface area contributed by atoms with Gasteiger partial charge in [0.25, 0.3) is 0 Å². The highest BCUT2D eigenvalue weighted by atomic mass is 14.8. The molecule has 0 spiro atoms. The van der Waals surface area contributed by atoms with Gasteiger partial charge in [0.15, 0.2) is 0 Å². The predicted octanol–water partition coefficient (Wildman–Crippen LogP) is 6.37. The fraction of sp³-hybridized carbons (Fsp3) is 1.00. The largest absolute Gasteiger partial charge is 0.328 e. The second kappa shape index (κ2) is 8.12. The first-order valence-corrected chi connectivity index (χ1v) is 13.2. The van der Waals surface area contributed by atoms with E-state index in [-0.39, 0.29) is 0 Å². The minimum atomic E-state index is 0.387. The lowest BCUT2D eigenvalue weighted by molar-refractivity contribution is -0.123. The molecule has 2 nitrogen and oxygen atoms in total. The minimum absolute atomic E-state index is 0.387. The van der Waals surface area contributed by atoms with Crippen LogP contribution in [0.15, 0.2) is 0 Å². The van der Waals surface area contributed by atoms with Gasteiger partial charge in [0.05, 0.1) is 0 Å². The molecule has 0 amide bonds. The van der Waals surface area contributed by atoms with Gasteiger partial charge in [0.2, 0.25) is 0 Å². The molecule has 3 unspecified atom stereocenters. The van der Waals surface area contributed by atoms with Gasteiger partial charge >= 0.3 is 0 Å². The van der Waals surface area contributed by atoms with Gasteiger partial charge in [-0.15, -0.1) is 0 Å². The van der Waals surface area contributed by atoms with Crippen LogP contribution in [0, 0.1) is 52.3 Å². The smallest absolute Gasteiger partial charge is 0.00758 e. The van der Waals surface area contributed by atoms with Crippen molar-refractivity contribution in [3.05, 3.63) is 0 Å². The normalized spacial score (nSPS) is 50.7. The standard InChI is InChI=1S/C27H50N2/c1-17(2)7-6-8-18(3)21-9-10-22-20-16-25(29)24-15-19(28)11-13-27(24,5)23(20)12-14-26(21,22)4/h17-25H,6-16,28-29H2,1-5H3/t18-,19?,20+,21-,22+,23+,24?,25?,26-,27-/m1/s1. The SMILES string of the molecule is CC(C)CCC[C@@H](C)[C@H]1CC[C@H]2[C@@H]3CC(N)C4CC(N)CC[C@]4(C)[C@H]3CC[C@]12C. The van der Waals surface area contributed by atoms with Crippen LogP contribution in [0.5, 0.6) is 0 Å². The van der Waals surface area contributed by atoms with Gasteiger partial charge in [-0.3, -0.25) is 0 Å². The molecule has 0 saturated heterocycles. The summed E-state index contributed by atoms with van der Waals surface area (Å²) in [5.74, 6) is 6.09. The molecule has 0 radical (unpaired) electrons. The summed E-state index contributed by atoms with van der Waals surface area (Å²) in [6.45, 7) is 12.6. The number of hydrogen-bond donors (Lipinski definition) is 2. The Balaban J connectivity index is 1.50. The molecular formula is C27H50N2. The topological polar surface area (TPSA) is 52.0 Å². The summed E-state index contributed by atoms with van der Waals surface area (Å²) >= 11 is 0. The number of nitrogens with two attached hydrogens (primary N) is 2. The van der Waals surface area contributed by atoms with E-state index in [0.29, 0.717) is 28.8 Å². The fourth-order valence-corrected chi connectivity index (χ4v) is 9.46. The van der Waals surface area contributed by atoms with Crippen LogP contribution >= 0.6 is 0 Å². The van der Waals surface area contributed by atoms with Crippen molar-refractivity contribution in [2.75, 3.05) is 0 Å². The van der Waals surface area contributed by atoms with Gasteiger partial charge in [0, 0.05) is 12.1 Å². The van der Waals surface area contributed by atoms with Crippen molar-refractivity contribution in [2.45, 2.75) is 117 Å². The van der Waals surface area contributed by atoms with Gasteiger partial charge in [-0.2, -0.15) is 0 Å². The number of rotatable bonds is 5. The maximum Gasteiger partial charge on any atom is 0.00758 e. The lowest BCUT2D eigenvalue weighted by atomic mass is 9.43. The first kappa shape index (κ1) is 22.1. The fourth-order valence-electron chi connectivity index (χ4n) is 9.46. The molecule has 4 saturated carbocycles. The molecule has 0 aromatic rings. The predicted molar refractivity (Wildman–Crippen MR) is 124 cm³/mol. The van der Waals surface area contributed by atoms with E-state index in [0.717, 1.165) is 35.5 Å². The van der Waals surface area contributed by atoms with E-state index >= 15 is 0 Å². The Bertz CT molecular complexity index is 573. The maximum atomic E-state index is 6.90. The van der Waals surface area contributed by atoms with Crippen LogP contribution in [0.1, 0.15) is 105 Å². The van der Waals surface area contributed by atoms with E-state index in [9.17, 15) is 0 Å². The molecule has 0 bridgehead atoms. The third-order valence-corrected chi connectivity index (χ3v) is 11.0. The zero-order valence-electron chi connectivity index (χ0n) is 20.1. The lowest BCUT2D eigenvalue weighted by Crippen LogP contribution is -2.60. The summed E-state index contributed by atoms with van der Waals surface area (Å²) in [6.07, 6.45) is 15.2. The Hall–Kier alpha value is -0.0800. The quantitative estimate of drug-likeness (QED) is 0.561. The molecule has 4 aliphatic rings. The summed E-state index contributed by atoms with van der Waals surface area (Å²) in [6, 6.07) is 0.782. The van der Waals surface area contributed by atoms with Crippen LogP contribution in [0.3, 0.4) is 0 Å². The summed E-state index contributed by atoms with van der Waals surface area (Å²) in [5, 5.41) is 0. The van der Waals surface area contributed by atoms with E-state index in [1.165, 1.54) is 70.6 Å². The molecule has 0 aromatic carbocycles. The van der Waals surface area contributed by atoms with E-state index in [1.807, 2.05) is 0 Å². The molecule has 4 aliphatic carbocycles. The molecule has 4 N–H and O–H groups in total. The van der Waals surface area contributed by atoms with Crippen molar-refractivity contribution in [3.8, 4) is 0 Å². The zero-order valence-corrected chi connectivity index (χ0v) is 20.1. The van der Waals surface area contributed by atoms with Crippen LogP contribution in [0.2, 0.25) is 0 Å². The number of hydrogen-bond acceptors (Lipinski definition) is 2. The molecule has 0 aliphatic heterocycles. The van der Waals surface area contributed by atoms with Crippen molar-refractivity contribution < 1.29 is 0 Å². The van der Waals surface area contributed by atoms with Crippen LogP contribution in [-0.2, 0) is 0 Å². The third-order valence-electron chi connectivity index (χ3n) is 11.0. The summed E-state index contributed by atoms with van der Waals surface area (Å²) in [7, 11) is 0. The van der Waals surface area contributed by atoms with Crippen molar-refractivity contribution in [3.63, 3.8) is 0 Å². The molecular weight excluding hydrogens is 352 g/mol. The maximum absolute atomic E-state index is 6.90. The van der Waals surface area contributed by atoms with Gasteiger partial charge in [-0.25, -0.2) is 0 Å². The third kappa shape index (κ3) is 3.73. The molecule has 2 heteroatoms. The number of fused-ring (bicyclic) bond motifs is 5. The second-order valence-electron chi connectivity index (χ2n) is 13.0. The first-order valence-electron chi connectivity index (χ1n) is 13.2. The van der Waals surface area contributed by atoms with E-state index in [4.69, 9.17) is 11.5 Å². The molecule has 168 valence electrons. The van der Waals surface area contributed by atoms with Crippen LogP contribution in [0.25, 0.3) is 0 Å². The van der Waals surface area contributed by atoms with Gasteiger partial charge in [0.1, 0.15) is 0 Å². The average Bonchev–Trinajstić information content (AvgIpc) is 3.00. The van der Waals surface area contributed by atoms with E-state index < -0.39 is 0 Å². The van der Waals surface area contributed by atoms with Crippen LogP contribution in [0.4, 0.5) is 0 Å². The minimum Gasteiger partial charge on any atom is -0.328 e. The Kier molecular flexibility index (Phi) is 6.19. The molecule has 4 rings (SSSR count). The molecule has 4 fully saturated rings. The Morgan fingerprint density at radius 3 is 2.21 bits per heavy atom. The van der Waals surface area contributed by atoms with Gasteiger partial charge < -0.3 is 11.5 Å². The van der Waals surface area contributed by atoms with Crippen molar-refractivity contribution >= 4 is 0 Å². The lowest BCUT2D eigenvalue weighted by Gasteiger charge is -2.63. The molecule has 0 heterocycles. The van der Waals surface area contributed by atoms with Gasteiger partial charge in [-0.05, 0) is 104 Å². The zero-order chi connectivity index (χ0) is 21.0. The molecule has 0 aromatic heterocycles. The average molecular weight is 403 g/mol. The molecule has 10 atom stereocenters. The van der Waals surface area contributed by atoms with Crippen molar-refractivity contribution in [2.24, 2.45) is 63.7 Å². The highest BCUT2D eigenvalue weighted by Gasteiger charge is 2.61. The highest BCUT2D eigenvalue weighted by molar-refractivity contribution is 5.12. The van der Waals surface area contributed by atoms with E-state index in [1.54, 1.807) is 0 Å². The van der Waals surface area contributed by atoms with Crippen molar-refractivity contribution in [1.29, 1.82) is 0 Å². The van der Waals surface area contributed by atoms with E-state index in [2.05, 4.69) is 34.6 Å². The second-order valence-corrected chi connectivity index (χ2v) is 13.0. The summed E-state index contributed by atoms with van der Waals surface area (Å²) in [4.78, 5) is 0. The summed E-state index contributed by atoms with van der Waals surface area (Å²) in [5.41, 5.74) is 14.3. The monoisotopic (exact) mass is 402 g/mol. The van der Waals surface area contributed by atoms with Crippen molar-refractivity contribution in [1.82, 2.24) is 0 Å². The van der Waals surface area contributed by atoms with Crippen LogP contribution < -0.4 is 11.5 Å². The Labute approximate surface area is 181 Å². The van der Waals surface area contributed by atoms with Crippen LogP contribution in [-0.4, -0.2) is 12.1 Å². The van der Waals surface area contributed by atoms with Gasteiger partial charge in [-0.1, -0.05) is 53.9 Å².